The lowest BCUT2D eigenvalue weighted by molar-refractivity contribution is 0.541. The molecule has 0 saturated carbocycles. The third-order valence-electron chi connectivity index (χ3n) is 3.87. The number of halogens is 1. The highest BCUT2D eigenvalue weighted by atomic mass is 28.4. The molecule has 19 heavy (non-hydrogen) atoms. The van der Waals surface area contributed by atoms with Gasteiger partial charge in [0.05, 0.1) is 0 Å². The molecule has 0 spiro atoms. The standard InChI is InChI=1S/C17H37FSi/c1-4-5-6-7-8-9-10-11-12-13-14-15-16-17-19(2,3)18/h4-17H2,1-3H3. The van der Waals surface area contributed by atoms with E-state index < -0.39 is 8.41 Å². The van der Waals surface area contributed by atoms with E-state index in [1.54, 1.807) is 0 Å². The Morgan fingerprint density at radius 3 is 1.21 bits per heavy atom. The normalized spacial score (nSPS) is 12.0. The van der Waals surface area contributed by atoms with Gasteiger partial charge in [-0.1, -0.05) is 90.4 Å². The van der Waals surface area contributed by atoms with Gasteiger partial charge < -0.3 is 4.11 Å². The molecule has 0 aromatic heterocycles. The van der Waals surface area contributed by atoms with E-state index in [-0.39, 0.29) is 0 Å². The second-order valence-electron chi connectivity index (χ2n) is 6.71. The molecule has 0 fully saturated rings. The average Bonchev–Trinajstić information content (AvgIpc) is 2.34. The van der Waals surface area contributed by atoms with Gasteiger partial charge in [-0.25, -0.2) is 0 Å². The molecule has 0 heterocycles. The first-order valence-corrected chi connectivity index (χ1v) is 11.8. The first-order valence-electron chi connectivity index (χ1n) is 8.75. The number of rotatable bonds is 14. The molecular formula is C17H37FSi. The molecule has 2 heteroatoms. The van der Waals surface area contributed by atoms with Crippen LogP contribution in [-0.2, 0) is 0 Å². The molecule has 0 N–H and O–H groups in total. The lowest BCUT2D eigenvalue weighted by Gasteiger charge is -2.09. The maximum Gasteiger partial charge on any atom is 0.240 e. The molecule has 0 radical (unpaired) electrons. The first kappa shape index (κ1) is 19.1. The average molecular weight is 289 g/mol. The molecule has 0 amide bonds. The Kier molecular flexibility index (Phi) is 13.2. The van der Waals surface area contributed by atoms with Crippen LogP contribution >= 0.6 is 0 Å². The molecule has 0 aromatic carbocycles. The van der Waals surface area contributed by atoms with Crippen molar-refractivity contribution in [3.63, 3.8) is 0 Å². The van der Waals surface area contributed by atoms with Crippen molar-refractivity contribution in [2.24, 2.45) is 0 Å². The summed E-state index contributed by atoms with van der Waals surface area (Å²) in [4.78, 5) is 0. The van der Waals surface area contributed by atoms with Crippen LogP contribution in [0.1, 0.15) is 90.4 Å². The van der Waals surface area contributed by atoms with Crippen molar-refractivity contribution in [2.75, 3.05) is 0 Å². The summed E-state index contributed by atoms with van der Waals surface area (Å²) in [7, 11) is -2.26. The van der Waals surface area contributed by atoms with Gasteiger partial charge in [0.25, 0.3) is 0 Å². The summed E-state index contributed by atoms with van der Waals surface area (Å²) in [6.45, 7) is 5.93. The SMILES string of the molecule is CCCCCCCCCCCCCCC[Si](C)(C)F. The van der Waals surface area contributed by atoms with Crippen LogP contribution in [-0.4, -0.2) is 8.41 Å². The van der Waals surface area contributed by atoms with E-state index in [0.29, 0.717) is 0 Å². The second kappa shape index (κ2) is 13.1. The highest BCUT2D eigenvalue weighted by Crippen LogP contribution is 2.17. The highest BCUT2D eigenvalue weighted by Gasteiger charge is 2.18. The zero-order valence-electron chi connectivity index (χ0n) is 13.8. The lowest BCUT2D eigenvalue weighted by Crippen LogP contribution is -2.16. The van der Waals surface area contributed by atoms with Crippen molar-refractivity contribution >= 4 is 8.41 Å². The summed E-state index contributed by atoms with van der Waals surface area (Å²) in [5.74, 6) is 0. The minimum absolute atomic E-state index is 0.866. The predicted octanol–water partition coefficient (Wildman–Crippen LogP) is 7.25. The van der Waals surface area contributed by atoms with E-state index in [0.717, 1.165) is 12.5 Å². The smallest absolute Gasteiger partial charge is 0.240 e. The van der Waals surface area contributed by atoms with Crippen molar-refractivity contribution in [3.8, 4) is 0 Å². The van der Waals surface area contributed by atoms with Crippen LogP contribution in [0, 0.1) is 0 Å². The van der Waals surface area contributed by atoms with Gasteiger partial charge in [0.1, 0.15) is 0 Å². The zero-order chi connectivity index (χ0) is 14.4. The van der Waals surface area contributed by atoms with Crippen molar-refractivity contribution in [1.29, 1.82) is 0 Å². The third-order valence-corrected chi connectivity index (χ3v) is 5.42. The molecule has 116 valence electrons. The molecule has 0 aromatic rings. The Morgan fingerprint density at radius 2 is 0.895 bits per heavy atom. The minimum Gasteiger partial charge on any atom is -0.314 e. The molecule has 0 aliphatic carbocycles. The fourth-order valence-electron chi connectivity index (χ4n) is 2.56. The van der Waals surface area contributed by atoms with Gasteiger partial charge in [0.2, 0.25) is 8.41 Å². The maximum absolute atomic E-state index is 13.4. The van der Waals surface area contributed by atoms with Gasteiger partial charge in [-0.2, -0.15) is 0 Å². The Morgan fingerprint density at radius 1 is 0.579 bits per heavy atom. The van der Waals surface area contributed by atoms with Gasteiger partial charge in [-0.15, -0.1) is 0 Å². The largest absolute Gasteiger partial charge is 0.314 e. The van der Waals surface area contributed by atoms with Crippen LogP contribution in [0.15, 0.2) is 0 Å². The van der Waals surface area contributed by atoms with Crippen LogP contribution in [0.3, 0.4) is 0 Å². The number of hydrogen-bond donors (Lipinski definition) is 0. The van der Waals surface area contributed by atoms with Crippen LogP contribution in [0.5, 0.6) is 0 Å². The molecule has 0 bridgehead atoms. The van der Waals surface area contributed by atoms with E-state index >= 15 is 0 Å². The van der Waals surface area contributed by atoms with E-state index in [1.807, 2.05) is 13.1 Å². The summed E-state index contributed by atoms with van der Waals surface area (Å²) in [6.07, 6.45) is 17.8. The molecule has 0 atom stereocenters. The minimum atomic E-state index is -2.26. The lowest BCUT2D eigenvalue weighted by atomic mass is 10.1. The van der Waals surface area contributed by atoms with Gasteiger partial charge in [0.15, 0.2) is 0 Å². The van der Waals surface area contributed by atoms with Gasteiger partial charge in [-0.05, 0) is 19.1 Å². The van der Waals surface area contributed by atoms with Crippen LogP contribution in [0.25, 0.3) is 0 Å². The Hall–Kier alpha value is 0.147. The van der Waals surface area contributed by atoms with Crippen LogP contribution in [0.4, 0.5) is 4.11 Å². The van der Waals surface area contributed by atoms with E-state index in [1.165, 1.54) is 77.0 Å². The van der Waals surface area contributed by atoms with Crippen molar-refractivity contribution < 1.29 is 4.11 Å². The summed E-state index contributed by atoms with van der Waals surface area (Å²) >= 11 is 0. The van der Waals surface area contributed by atoms with E-state index in [4.69, 9.17) is 0 Å². The molecule has 0 unspecified atom stereocenters. The van der Waals surface area contributed by atoms with Crippen molar-refractivity contribution in [2.45, 2.75) is 110 Å². The quantitative estimate of drug-likeness (QED) is 0.179. The molecule has 0 aliphatic rings. The summed E-state index contributed by atoms with van der Waals surface area (Å²) in [5, 5.41) is 0. The molecule has 0 nitrogen and oxygen atoms in total. The Balaban J connectivity index is 2.99. The molecule has 0 saturated heterocycles. The van der Waals surface area contributed by atoms with Crippen molar-refractivity contribution in [3.05, 3.63) is 0 Å². The van der Waals surface area contributed by atoms with Gasteiger partial charge in [-0.3, -0.25) is 0 Å². The summed E-state index contributed by atoms with van der Waals surface area (Å²) < 4.78 is 13.4. The third kappa shape index (κ3) is 18.1. The number of hydrogen-bond acceptors (Lipinski definition) is 0. The highest BCUT2D eigenvalue weighted by molar-refractivity contribution is 6.70. The summed E-state index contributed by atoms with van der Waals surface area (Å²) in [6, 6.07) is 0.866. The summed E-state index contributed by atoms with van der Waals surface area (Å²) in [5.41, 5.74) is 0. The predicted molar refractivity (Wildman–Crippen MR) is 89.1 cm³/mol. The molecular weight excluding hydrogens is 251 g/mol. The zero-order valence-corrected chi connectivity index (χ0v) is 14.8. The van der Waals surface area contributed by atoms with E-state index in [9.17, 15) is 4.11 Å². The topological polar surface area (TPSA) is 0 Å². The molecule has 0 rings (SSSR count). The Labute approximate surface area is 122 Å². The Bertz CT molecular complexity index is 175. The first-order chi connectivity index (χ1) is 9.06. The van der Waals surface area contributed by atoms with Crippen LogP contribution < -0.4 is 0 Å². The number of unbranched alkanes of at least 4 members (excludes halogenated alkanes) is 12. The maximum atomic E-state index is 13.4. The van der Waals surface area contributed by atoms with Gasteiger partial charge in [0, 0.05) is 0 Å². The van der Waals surface area contributed by atoms with E-state index in [2.05, 4.69) is 6.92 Å². The van der Waals surface area contributed by atoms with Crippen LogP contribution in [0.2, 0.25) is 19.1 Å². The van der Waals surface area contributed by atoms with Crippen molar-refractivity contribution in [1.82, 2.24) is 0 Å². The fraction of sp³-hybridized carbons (Fsp3) is 1.00. The molecule has 0 aliphatic heterocycles. The monoisotopic (exact) mass is 288 g/mol. The fourth-order valence-corrected chi connectivity index (χ4v) is 3.65. The second-order valence-corrected chi connectivity index (χ2v) is 10.6. The van der Waals surface area contributed by atoms with Gasteiger partial charge >= 0.3 is 0 Å².